The van der Waals surface area contributed by atoms with E-state index in [4.69, 9.17) is 11.5 Å². The molecule has 13 nitrogen and oxygen atoms in total. The van der Waals surface area contributed by atoms with Crippen LogP contribution in [0.2, 0.25) is 0 Å². The number of guanidine groups is 1. The summed E-state index contributed by atoms with van der Waals surface area (Å²) in [6, 6.07) is -2.66. The fourth-order valence-electron chi connectivity index (χ4n) is 4.36. The van der Waals surface area contributed by atoms with E-state index < -0.39 is 41.8 Å². The van der Waals surface area contributed by atoms with Gasteiger partial charge in [0, 0.05) is 26.6 Å². The van der Waals surface area contributed by atoms with E-state index in [0.717, 1.165) is 25.9 Å². The lowest BCUT2D eigenvalue weighted by molar-refractivity contribution is -0.133. The Morgan fingerprint density at radius 2 is 1.55 bits per heavy atom. The molecular formula is C27H50N8O5. The first kappa shape index (κ1) is 34.6. The van der Waals surface area contributed by atoms with Crippen LogP contribution in [0, 0.1) is 17.8 Å². The van der Waals surface area contributed by atoms with Crippen molar-refractivity contribution in [3.63, 3.8) is 0 Å². The summed E-state index contributed by atoms with van der Waals surface area (Å²) in [5.41, 5.74) is 11.6. The van der Waals surface area contributed by atoms with Crippen LogP contribution in [0.25, 0.3) is 0 Å². The second kappa shape index (κ2) is 17.3. The van der Waals surface area contributed by atoms with Crippen LogP contribution in [0.3, 0.4) is 0 Å². The third-order valence-corrected chi connectivity index (χ3v) is 6.78. The maximum atomic E-state index is 13.0. The van der Waals surface area contributed by atoms with Crippen molar-refractivity contribution in [2.75, 3.05) is 26.2 Å². The van der Waals surface area contributed by atoms with Crippen LogP contribution < -0.4 is 32.7 Å². The minimum absolute atomic E-state index is 0.0536. The standard InChI is InChI=1S/C27H50N8O5/c1-16(2)14-21(33-22(37)15-31-26(40)23(17(3)4)32-19(6)36)25(39)34-20(24(28)38)8-7-11-30-27(29)35-12-9-18(5)10-13-35/h16-18,20-21,23H,7-15H2,1-6H3,(H2,28,38)(H2,29,30)(H,31,40)(H,32,36)(H,33,37)(H,34,39)/t20-,21-,23-/m0/s1. The molecule has 1 rings (SSSR count). The number of piperidine rings is 1. The molecule has 0 radical (unpaired) electrons. The van der Waals surface area contributed by atoms with Crippen LogP contribution >= 0.6 is 0 Å². The normalized spacial score (nSPS) is 16.7. The smallest absolute Gasteiger partial charge is 0.243 e. The second-order valence-electron chi connectivity index (χ2n) is 11.4. The van der Waals surface area contributed by atoms with E-state index in [9.17, 15) is 24.0 Å². The molecule has 1 saturated heterocycles. The van der Waals surface area contributed by atoms with Gasteiger partial charge < -0.3 is 37.6 Å². The monoisotopic (exact) mass is 566 g/mol. The van der Waals surface area contributed by atoms with Gasteiger partial charge in [-0.25, -0.2) is 0 Å². The Hall–Kier alpha value is -3.38. The summed E-state index contributed by atoms with van der Waals surface area (Å²) >= 11 is 0. The summed E-state index contributed by atoms with van der Waals surface area (Å²) in [5.74, 6) is -1.64. The molecule has 0 spiro atoms. The van der Waals surface area contributed by atoms with Gasteiger partial charge in [0.15, 0.2) is 5.96 Å². The number of amides is 5. The quantitative estimate of drug-likeness (QED) is 0.0878. The van der Waals surface area contributed by atoms with Gasteiger partial charge in [-0.15, -0.1) is 0 Å². The predicted octanol–water partition coefficient (Wildman–Crippen LogP) is -0.409. The number of rotatable bonds is 15. The van der Waals surface area contributed by atoms with Crippen molar-refractivity contribution < 1.29 is 24.0 Å². The minimum atomic E-state index is -0.935. The van der Waals surface area contributed by atoms with E-state index in [0.29, 0.717) is 31.3 Å². The van der Waals surface area contributed by atoms with E-state index in [1.54, 1.807) is 13.8 Å². The van der Waals surface area contributed by atoms with Gasteiger partial charge >= 0.3 is 0 Å². The van der Waals surface area contributed by atoms with Crippen LogP contribution in [-0.4, -0.2) is 84.7 Å². The Morgan fingerprint density at radius 3 is 2.08 bits per heavy atom. The van der Waals surface area contributed by atoms with Gasteiger partial charge in [0.05, 0.1) is 6.54 Å². The number of nitrogens with one attached hydrogen (secondary N) is 4. The number of primary amides is 1. The zero-order chi connectivity index (χ0) is 30.4. The molecule has 1 aliphatic rings. The second-order valence-corrected chi connectivity index (χ2v) is 11.4. The molecule has 1 fully saturated rings. The van der Waals surface area contributed by atoms with Crippen molar-refractivity contribution in [1.82, 2.24) is 26.2 Å². The number of likely N-dealkylation sites (tertiary alicyclic amines) is 1. The lowest BCUT2D eigenvalue weighted by atomic mass is 10.00. The number of nitrogens with two attached hydrogens (primary N) is 2. The Balaban J connectivity index is 2.67. The summed E-state index contributed by atoms with van der Waals surface area (Å²) < 4.78 is 0. The third kappa shape index (κ3) is 13.1. The SMILES string of the molecule is CC(=O)N[C@H](C(=O)NCC(=O)N[C@@H](CC(C)C)C(=O)N[C@@H](CCCN=C(N)N1CCC(C)CC1)C(N)=O)C(C)C. The highest BCUT2D eigenvalue weighted by atomic mass is 16.2. The van der Waals surface area contributed by atoms with Crippen LogP contribution in [0.15, 0.2) is 4.99 Å². The van der Waals surface area contributed by atoms with Crippen LogP contribution in [-0.2, 0) is 24.0 Å². The van der Waals surface area contributed by atoms with Gasteiger partial charge in [0.2, 0.25) is 29.5 Å². The number of hydrogen-bond acceptors (Lipinski definition) is 6. The average Bonchev–Trinajstić information content (AvgIpc) is 2.86. The summed E-state index contributed by atoms with van der Waals surface area (Å²) in [5, 5.41) is 10.3. The molecule has 5 amide bonds. The van der Waals surface area contributed by atoms with Gasteiger partial charge in [0.1, 0.15) is 18.1 Å². The largest absolute Gasteiger partial charge is 0.370 e. The van der Waals surface area contributed by atoms with Crippen LogP contribution in [0.4, 0.5) is 0 Å². The molecule has 1 heterocycles. The van der Waals surface area contributed by atoms with Crippen molar-refractivity contribution in [3.05, 3.63) is 0 Å². The Kier molecular flexibility index (Phi) is 15.0. The maximum Gasteiger partial charge on any atom is 0.243 e. The summed E-state index contributed by atoms with van der Waals surface area (Å²) in [7, 11) is 0. The van der Waals surface area contributed by atoms with E-state index >= 15 is 0 Å². The van der Waals surface area contributed by atoms with Crippen LogP contribution in [0.1, 0.15) is 73.6 Å². The number of aliphatic imine (C=N–C) groups is 1. The predicted molar refractivity (Wildman–Crippen MR) is 154 cm³/mol. The Morgan fingerprint density at radius 1 is 0.925 bits per heavy atom. The molecule has 0 aromatic heterocycles. The number of nitrogens with zero attached hydrogens (tertiary/aromatic N) is 2. The highest BCUT2D eigenvalue weighted by molar-refractivity contribution is 5.93. The molecule has 1 aliphatic heterocycles. The fourth-order valence-corrected chi connectivity index (χ4v) is 4.36. The topological polar surface area (TPSA) is 201 Å². The molecule has 0 aromatic rings. The highest BCUT2D eigenvalue weighted by Gasteiger charge is 2.27. The number of carbonyl (C=O) groups is 5. The number of carbonyl (C=O) groups excluding carboxylic acids is 5. The van der Waals surface area contributed by atoms with E-state index in [1.807, 2.05) is 13.8 Å². The molecule has 0 bridgehead atoms. The molecule has 0 aromatic carbocycles. The van der Waals surface area contributed by atoms with E-state index in [2.05, 4.69) is 38.1 Å². The van der Waals surface area contributed by atoms with Gasteiger partial charge in [-0.1, -0.05) is 34.6 Å². The van der Waals surface area contributed by atoms with Gasteiger partial charge in [0.25, 0.3) is 0 Å². The first-order chi connectivity index (χ1) is 18.7. The lowest BCUT2D eigenvalue weighted by Gasteiger charge is -2.31. The average molecular weight is 567 g/mol. The fraction of sp³-hybridized carbons (Fsp3) is 0.778. The molecule has 228 valence electrons. The van der Waals surface area contributed by atoms with Gasteiger partial charge in [-0.2, -0.15) is 0 Å². The molecule has 40 heavy (non-hydrogen) atoms. The Labute approximate surface area is 238 Å². The lowest BCUT2D eigenvalue weighted by Crippen LogP contribution is -2.55. The zero-order valence-corrected chi connectivity index (χ0v) is 24.9. The maximum absolute atomic E-state index is 13.0. The molecule has 0 unspecified atom stereocenters. The minimum Gasteiger partial charge on any atom is -0.370 e. The Bertz CT molecular complexity index is 899. The molecule has 8 N–H and O–H groups in total. The van der Waals surface area contributed by atoms with Crippen molar-refractivity contribution >= 4 is 35.5 Å². The van der Waals surface area contributed by atoms with Crippen molar-refractivity contribution in [3.8, 4) is 0 Å². The first-order valence-electron chi connectivity index (χ1n) is 14.2. The molecule has 13 heteroatoms. The summed E-state index contributed by atoms with van der Waals surface area (Å²) in [6.07, 6.45) is 3.21. The molecule has 0 aliphatic carbocycles. The highest BCUT2D eigenvalue weighted by Crippen LogP contribution is 2.15. The first-order valence-corrected chi connectivity index (χ1v) is 14.2. The van der Waals surface area contributed by atoms with Gasteiger partial charge in [-0.3, -0.25) is 29.0 Å². The van der Waals surface area contributed by atoms with Crippen molar-refractivity contribution in [2.24, 2.45) is 34.2 Å². The molecule has 3 atom stereocenters. The summed E-state index contributed by atoms with van der Waals surface area (Å²) in [4.78, 5) is 68.0. The molecular weight excluding hydrogens is 516 g/mol. The van der Waals surface area contributed by atoms with E-state index in [1.165, 1.54) is 6.92 Å². The van der Waals surface area contributed by atoms with E-state index in [-0.39, 0.29) is 30.7 Å². The van der Waals surface area contributed by atoms with Crippen LogP contribution in [0.5, 0.6) is 0 Å². The summed E-state index contributed by atoms with van der Waals surface area (Å²) in [6.45, 7) is 12.6. The van der Waals surface area contributed by atoms with Crippen molar-refractivity contribution in [2.45, 2.75) is 91.8 Å². The van der Waals surface area contributed by atoms with Gasteiger partial charge in [-0.05, 0) is 49.9 Å². The third-order valence-electron chi connectivity index (χ3n) is 6.78. The molecule has 0 saturated carbocycles. The zero-order valence-electron chi connectivity index (χ0n) is 24.9. The van der Waals surface area contributed by atoms with Crippen molar-refractivity contribution in [1.29, 1.82) is 0 Å². The number of hydrogen-bond donors (Lipinski definition) is 6.